The number of rotatable bonds is 2. The number of fused-ring (bicyclic) bond motifs is 1. The van der Waals surface area contributed by atoms with Crippen LogP contribution in [-0.4, -0.2) is 11.3 Å². The molecule has 2 nitrogen and oxygen atoms in total. The van der Waals surface area contributed by atoms with E-state index in [-0.39, 0.29) is 0 Å². The quantitative estimate of drug-likeness (QED) is 0.681. The van der Waals surface area contributed by atoms with Crippen molar-refractivity contribution in [3.8, 4) is 11.1 Å². The van der Waals surface area contributed by atoms with Crippen molar-refractivity contribution in [2.75, 3.05) is 0 Å². The Morgan fingerprint density at radius 1 is 1.11 bits per heavy atom. The van der Waals surface area contributed by atoms with E-state index in [1.807, 2.05) is 42.5 Å². The topological polar surface area (TPSA) is 32.9 Å². The Balaban J connectivity index is 2.29. The van der Waals surface area contributed by atoms with Crippen LogP contribution >= 0.6 is 11.6 Å². The van der Waals surface area contributed by atoms with E-state index < -0.39 is 0 Å². The van der Waals surface area contributed by atoms with Gasteiger partial charge < -0.3 is 4.98 Å². The van der Waals surface area contributed by atoms with Crippen molar-refractivity contribution < 1.29 is 4.79 Å². The fraction of sp³-hybridized carbons (Fsp3) is 0. The zero-order valence-electron chi connectivity index (χ0n) is 9.48. The maximum Gasteiger partial charge on any atom is 0.152 e. The van der Waals surface area contributed by atoms with Gasteiger partial charge in [0, 0.05) is 28.2 Å². The standard InChI is InChI=1S/C15H10ClNO/c16-14-7-15-13(11(9-18)8-17-15)6-12(14)10-4-2-1-3-5-10/h1-9,17H. The molecule has 0 radical (unpaired) electrons. The zero-order valence-corrected chi connectivity index (χ0v) is 10.2. The predicted octanol–water partition coefficient (Wildman–Crippen LogP) is 4.30. The Morgan fingerprint density at radius 3 is 2.61 bits per heavy atom. The van der Waals surface area contributed by atoms with Crippen LogP contribution in [0.15, 0.2) is 48.7 Å². The van der Waals surface area contributed by atoms with Gasteiger partial charge in [0.1, 0.15) is 0 Å². The first-order chi connectivity index (χ1) is 8.79. The minimum atomic E-state index is 0.652. The molecule has 0 unspecified atom stereocenters. The Bertz CT molecular complexity index is 716. The summed E-state index contributed by atoms with van der Waals surface area (Å²) in [6, 6.07) is 13.7. The third-order valence-corrected chi connectivity index (χ3v) is 3.33. The van der Waals surface area contributed by atoms with Crippen LogP contribution in [0.25, 0.3) is 22.0 Å². The van der Waals surface area contributed by atoms with E-state index in [9.17, 15) is 4.79 Å². The molecule has 2 aromatic carbocycles. The molecule has 0 saturated heterocycles. The fourth-order valence-electron chi connectivity index (χ4n) is 2.10. The van der Waals surface area contributed by atoms with Crippen molar-refractivity contribution in [1.29, 1.82) is 0 Å². The van der Waals surface area contributed by atoms with Crippen molar-refractivity contribution in [3.63, 3.8) is 0 Å². The second-order valence-electron chi connectivity index (χ2n) is 4.11. The molecule has 3 rings (SSSR count). The molecule has 0 bridgehead atoms. The van der Waals surface area contributed by atoms with Crippen molar-refractivity contribution >= 4 is 28.8 Å². The Morgan fingerprint density at radius 2 is 1.89 bits per heavy atom. The minimum Gasteiger partial charge on any atom is -0.360 e. The van der Waals surface area contributed by atoms with Gasteiger partial charge in [0.15, 0.2) is 6.29 Å². The van der Waals surface area contributed by atoms with E-state index in [0.717, 1.165) is 28.3 Å². The van der Waals surface area contributed by atoms with Crippen LogP contribution in [0.1, 0.15) is 10.4 Å². The number of hydrogen-bond donors (Lipinski definition) is 1. The van der Waals surface area contributed by atoms with E-state index in [1.165, 1.54) is 0 Å². The molecule has 0 amide bonds. The number of carbonyl (C=O) groups is 1. The van der Waals surface area contributed by atoms with Crippen LogP contribution in [0.5, 0.6) is 0 Å². The molecule has 1 heterocycles. The first-order valence-electron chi connectivity index (χ1n) is 5.61. The molecular formula is C15H10ClNO. The lowest BCUT2D eigenvalue weighted by atomic mass is 10.0. The predicted molar refractivity (Wildman–Crippen MR) is 74.1 cm³/mol. The van der Waals surface area contributed by atoms with E-state index in [4.69, 9.17) is 11.6 Å². The van der Waals surface area contributed by atoms with Crippen LogP contribution in [0.3, 0.4) is 0 Å². The van der Waals surface area contributed by atoms with Crippen molar-refractivity contribution in [2.24, 2.45) is 0 Å². The minimum absolute atomic E-state index is 0.652. The summed E-state index contributed by atoms with van der Waals surface area (Å²) in [6.45, 7) is 0. The lowest BCUT2D eigenvalue weighted by Crippen LogP contribution is -1.81. The summed E-state index contributed by atoms with van der Waals surface area (Å²) in [7, 11) is 0. The van der Waals surface area contributed by atoms with Gasteiger partial charge in [-0.25, -0.2) is 0 Å². The number of benzene rings is 2. The molecule has 0 saturated carbocycles. The monoisotopic (exact) mass is 255 g/mol. The average molecular weight is 256 g/mol. The molecule has 0 atom stereocenters. The highest BCUT2D eigenvalue weighted by Gasteiger charge is 2.09. The number of hydrogen-bond acceptors (Lipinski definition) is 1. The summed E-state index contributed by atoms with van der Waals surface area (Å²) in [5.41, 5.74) is 3.51. The number of halogens is 1. The normalized spacial score (nSPS) is 10.7. The van der Waals surface area contributed by atoms with Gasteiger partial charge in [0.25, 0.3) is 0 Å². The van der Waals surface area contributed by atoms with Crippen LogP contribution < -0.4 is 0 Å². The van der Waals surface area contributed by atoms with Crippen LogP contribution in [0.2, 0.25) is 5.02 Å². The van der Waals surface area contributed by atoms with Gasteiger partial charge in [-0.1, -0.05) is 41.9 Å². The molecule has 0 aliphatic heterocycles. The number of H-pyrrole nitrogens is 1. The summed E-state index contributed by atoms with van der Waals surface area (Å²) in [6.07, 6.45) is 2.55. The average Bonchev–Trinajstić information content (AvgIpc) is 2.80. The van der Waals surface area contributed by atoms with Gasteiger partial charge in [-0.2, -0.15) is 0 Å². The SMILES string of the molecule is O=Cc1c[nH]c2cc(Cl)c(-c3ccccc3)cc12. The number of aldehydes is 1. The highest BCUT2D eigenvalue weighted by Crippen LogP contribution is 2.32. The van der Waals surface area contributed by atoms with Crippen LogP contribution in [0.4, 0.5) is 0 Å². The molecule has 1 N–H and O–H groups in total. The summed E-state index contributed by atoms with van der Waals surface area (Å²) >= 11 is 6.28. The summed E-state index contributed by atoms with van der Waals surface area (Å²) in [5.74, 6) is 0. The van der Waals surface area contributed by atoms with E-state index in [0.29, 0.717) is 10.6 Å². The number of aromatic amines is 1. The fourth-order valence-corrected chi connectivity index (χ4v) is 2.37. The highest BCUT2D eigenvalue weighted by molar-refractivity contribution is 6.34. The van der Waals surface area contributed by atoms with E-state index in [1.54, 1.807) is 6.20 Å². The van der Waals surface area contributed by atoms with Gasteiger partial charge in [0.2, 0.25) is 0 Å². The maximum absolute atomic E-state index is 11.0. The van der Waals surface area contributed by atoms with E-state index in [2.05, 4.69) is 4.98 Å². The largest absolute Gasteiger partial charge is 0.360 e. The summed E-state index contributed by atoms with van der Waals surface area (Å²) < 4.78 is 0. The molecule has 0 spiro atoms. The first-order valence-corrected chi connectivity index (χ1v) is 5.98. The van der Waals surface area contributed by atoms with Gasteiger partial charge in [-0.15, -0.1) is 0 Å². The zero-order chi connectivity index (χ0) is 12.5. The van der Waals surface area contributed by atoms with Gasteiger partial charge >= 0.3 is 0 Å². The van der Waals surface area contributed by atoms with E-state index >= 15 is 0 Å². The number of nitrogens with one attached hydrogen (secondary N) is 1. The lowest BCUT2D eigenvalue weighted by molar-refractivity contribution is 0.112. The first kappa shape index (κ1) is 11.1. The molecule has 0 aliphatic carbocycles. The molecule has 1 aromatic heterocycles. The molecule has 0 aliphatic rings. The lowest BCUT2D eigenvalue weighted by Gasteiger charge is -2.05. The Hall–Kier alpha value is -2.06. The molecule has 3 aromatic rings. The van der Waals surface area contributed by atoms with Crippen LogP contribution in [0, 0.1) is 0 Å². The second-order valence-corrected chi connectivity index (χ2v) is 4.51. The van der Waals surface area contributed by atoms with Crippen molar-refractivity contribution in [3.05, 3.63) is 59.2 Å². The molecular weight excluding hydrogens is 246 g/mol. The highest BCUT2D eigenvalue weighted by atomic mass is 35.5. The number of carbonyl (C=O) groups excluding carboxylic acids is 1. The molecule has 18 heavy (non-hydrogen) atoms. The molecule has 3 heteroatoms. The maximum atomic E-state index is 11.0. The van der Waals surface area contributed by atoms with Gasteiger partial charge in [-0.05, 0) is 17.7 Å². The third kappa shape index (κ3) is 1.71. The summed E-state index contributed by atoms with van der Waals surface area (Å²) in [5, 5.41) is 1.57. The van der Waals surface area contributed by atoms with Crippen molar-refractivity contribution in [1.82, 2.24) is 4.98 Å². The third-order valence-electron chi connectivity index (χ3n) is 3.01. The Kier molecular flexibility index (Phi) is 2.65. The second kappa shape index (κ2) is 4.31. The van der Waals surface area contributed by atoms with Gasteiger partial charge in [-0.3, -0.25) is 4.79 Å². The molecule has 88 valence electrons. The summed E-state index contributed by atoms with van der Waals surface area (Å²) in [4.78, 5) is 14.0. The van der Waals surface area contributed by atoms with Crippen LogP contribution in [-0.2, 0) is 0 Å². The van der Waals surface area contributed by atoms with Crippen molar-refractivity contribution in [2.45, 2.75) is 0 Å². The Labute approximate surface area is 109 Å². The number of aromatic nitrogens is 1. The smallest absolute Gasteiger partial charge is 0.152 e. The van der Waals surface area contributed by atoms with Gasteiger partial charge in [0.05, 0.1) is 5.02 Å². The molecule has 0 fully saturated rings.